The van der Waals surface area contributed by atoms with Crippen molar-refractivity contribution in [3.05, 3.63) is 11.9 Å². The Kier molecular flexibility index (Phi) is 5.95. The number of carboxylic acid groups (broad SMARTS) is 2. The summed E-state index contributed by atoms with van der Waals surface area (Å²) < 4.78 is 12.4. The molecule has 1 aromatic heterocycles. The summed E-state index contributed by atoms with van der Waals surface area (Å²) in [4.78, 5) is 28.6. The molecule has 10 heteroatoms. The normalized spacial score (nSPS) is 16.0. The topological polar surface area (TPSA) is 154 Å². The number of hydrogen-bond acceptors (Lipinski definition) is 6. The van der Waals surface area contributed by atoms with Crippen LogP contribution in [0, 0.1) is 0 Å². The predicted molar refractivity (Wildman–Crippen MR) is 71.7 cm³/mol. The van der Waals surface area contributed by atoms with Crippen molar-refractivity contribution in [2.75, 3.05) is 21.1 Å². The van der Waals surface area contributed by atoms with E-state index in [1.54, 1.807) is 21.1 Å². The van der Waals surface area contributed by atoms with Crippen LogP contribution < -0.4 is 20.7 Å². The molecule has 4 N–H and O–H groups in total. The molecule has 0 aliphatic rings. The van der Waals surface area contributed by atoms with Gasteiger partial charge in [0.1, 0.15) is 0 Å². The molecule has 0 amide bonds. The molecule has 3 atom stereocenters. The Labute approximate surface area is 131 Å². The minimum atomic E-state index is -2.69. The SMILES string of the molecule is C[N+](C)(C)[C@@H](Cc1cnc([Se](=O)C[C@H]([NH3+])C(=O)[O-])[nH]1)C(=O)[O-]. The van der Waals surface area contributed by atoms with Gasteiger partial charge in [0.25, 0.3) is 0 Å². The Morgan fingerprint density at radius 2 is 1.95 bits per heavy atom. The van der Waals surface area contributed by atoms with Gasteiger partial charge in [0.15, 0.2) is 0 Å². The number of aromatic amines is 1. The number of imidazole rings is 1. The third kappa shape index (κ3) is 4.99. The number of aliphatic carboxylic acids is 2. The van der Waals surface area contributed by atoms with Gasteiger partial charge in [-0.2, -0.15) is 0 Å². The number of quaternary nitrogens is 2. The van der Waals surface area contributed by atoms with E-state index in [2.05, 4.69) is 15.7 Å². The number of nitrogens with one attached hydrogen (secondary N) is 1. The van der Waals surface area contributed by atoms with Gasteiger partial charge in [-0.1, -0.05) is 0 Å². The number of hydrogen-bond donors (Lipinski definition) is 2. The van der Waals surface area contributed by atoms with Crippen LogP contribution in [0.1, 0.15) is 5.69 Å². The van der Waals surface area contributed by atoms with Gasteiger partial charge in [0, 0.05) is 0 Å². The van der Waals surface area contributed by atoms with Crippen LogP contribution >= 0.6 is 0 Å². The molecule has 0 saturated carbocycles. The number of carbonyl (C=O) groups is 2. The number of aromatic nitrogens is 2. The molecule has 0 aliphatic carbocycles. The fourth-order valence-electron chi connectivity index (χ4n) is 1.77. The molecule has 0 aliphatic heterocycles. The van der Waals surface area contributed by atoms with Gasteiger partial charge in [-0.15, -0.1) is 0 Å². The van der Waals surface area contributed by atoms with E-state index in [9.17, 15) is 23.6 Å². The molecule has 0 saturated heterocycles. The monoisotopic (exact) mass is 380 g/mol. The Balaban J connectivity index is 2.81. The van der Waals surface area contributed by atoms with E-state index in [0.29, 0.717) is 5.69 Å². The number of carboxylic acids is 2. The maximum absolute atomic E-state index is 12.0. The van der Waals surface area contributed by atoms with E-state index in [4.69, 9.17) is 0 Å². The van der Waals surface area contributed by atoms with Gasteiger partial charge in [-0.05, 0) is 0 Å². The van der Waals surface area contributed by atoms with Crippen LogP contribution in [0.2, 0.25) is 5.32 Å². The van der Waals surface area contributed by atoms with Crippen molar-refractivity contribution >= 4 is 30.5 Å². The number of carbonyl (C=O) groups excluding carboxylic acids is 2. The molecule has 1 heterocycles. The third-order valence-corrected chi connectivity index (χ3v) is 5.95. The van der Waals surface area contributed by atoms with Crippen LogP contribution in [0.15, 0.2) is 6.20 Å². The van der Waals surface area contributed by atoms with Crippen molar-refractivity contribution in [3.63, 3.8) is 0 Å². The quantitative estimate of drug-likeness (QED) is 0.340. The Hall–Kier alpha value is -1.61. The molecule has 9 nitrogen and oxygen atoms in total. The van der Waals surface area contributed by atoms with Crippen molar-refractivity contribution in [2.45, 2.75) is 23.8 Å². The summed E-state index contributed by atoms with van der Waals surface area (Å²) in [5.41, 5.74) is 3.86. The number of nitrogens with zero attached hydrogens (tertiary/aromatic N) is 2. The maximum atomic E-state index is 12.0. The number of rotatable bonds is 8. The summed E-state index contributed by atoms with van der Waals surface area (Å²) in [5.74, 6) is -2.55. The van der Waals surface area contributed by atoms with Gasteiger partial charge in [0.05, 0.1) is 0 Å². The molecular weight excluding hydrogens is 359 g/mol. The van der Waals surface area contributed by atoms with Crippen LogP contribution in [0.4, 0.5) is 0 Å². The van der Waals surface area contributed by atoms with E-state index in [-0.39, 0.29) is 20.9 Å². The first-order chi connectivity index (χ1) is 10.0. The molecular formula is C12H20N4O5Se. The molecule has 0 aromatic carbocycles. The fraction of sp³-hybridized carbons (Fsp3) is 0.583. The molecule has 1 rings (SSSR count). The predicted octanol–water partition coefficient (Wildman–Crippen LogP) is -5.23. The first-order valence-electron chi connectivity index (χ1n) is 6.50. The molecule has 1 unspecified atom stereocenters. The minimum absolute atomic E-state index is 0.130. The van der Waals surface area contributed by atoms with Crippen LogP contribution in [0.25, 0.3) is 0 Å². The summed E-state index contributed by atoms with van der Waals surface area (Å²) in [6.07, 6.45) is 1.55. The average Bonchev–Trinajstić information content (AvgIpc) is 2.82. The van der Waals surface area contributed by atoms with E-state index in [1.165, 1.54) is 6.20 Å². The van der Waals surface area contributed by atoms with E-state index >= 15 is 0 Å². The van der Waals surface area contributed by atoms with Gasteiger partial charge >= 0.3 is 131 Å². The summed E-state index contributed by atoms with van der Waals surface area (Å²) in [6, 6.07) is -1.86. The summed E-state index contributed by atoms with van der Waals surface area (Å²) in [7, 11) is 5.19. The molecule has 124 valence electrons. The molecule has 22 heavy (non-hydrogen) atoms. The van der Waals surface area contributed by atoms with E-state index in [0.717, 1.165) is 0 Å². The Morgan fingerprint density at radius 3 is 2.41 bits per heavy atom. The van der Waals surface area contributed by atoms with Gasteiger partial charge in [-0.25, -0.2) is 0 Å². The zero-order chi connectivity index (χ0) is 17.1. The Bertz CT molecular complexity index is 580. The van der Waals surface area contributed by atoms with Crippen molar-refractivity contribution < 1.29 is 33.9 Å². The zero-order valence-corrected chi connectivity index (χ0v) is 14.4. The van der Waals surface area contributed by atoms with Crippen molar-refractivity contribution in [3.8, 4) is 0 Å². The van der Waals surface area contributed by atoms with Crippen molar-refractivity contribution in [1.82, 2.24) is 9.97 Å². The van der Waals surface area contributed by atoms with E-state index in [1.807, 2.05) is 0 Å². The second-order valence-electron chi connectivity index (χ2n) is 5.90. The van der Waals surface area contributed by atoms with Crippen LogP contribution in [-0.4, -0.2) is 73.4 Å². The van der Waals surface area contributed by atoms with Crippen molar-refractivity contribution in [2.24, 2.45) is 0 Å². The fourth-order valence-corrected chi connectivity index (χ4v) is 4.02. The van der Waals surface area contributed by atoms with Crippen LogP contribution in [0.3, 0.4) is 0 Å². The Morgan fingerprint density at radius 1 is 1.36 bits per heavy atom. The first-order valence-corrected chi connectivity index (χ1v) is 9.27. The second-order valence-corrected chi connectivity index (χ2v) is 8.86. The molecule has 1 aromatic rings. The summed E-state index contributed by atoms with van der Waals surface area (Å²) >= 11 is -2.69. The number of H-pyrrole nitrogens is 1. The van der Waals surface area contributed by atoms with Crippen LogP contribution in [0.5, 0.6) is 0 Å². The summed E-state index contributed by atoms with van der Waals surface area (Å²) in [6.45, 7) is 0. The van der Waals surface area contributed by atoms with Crippen LogP contribution in [-0.2, 0) is 19.8 Å². The third-order valence-electron chi connectivity index (χ3n) is 3.13. The number of likely N-dealkylation sites (N-methyl/N-ethyl adjacent to an activating group) is 1. The molecule has 0 bridgehead atoms. The second kappa shape index (κ2) is 7.10. The first kappa shape index (κ1) is 18.4. The van der Waals surface area contributed by atoms with Gasteiger partial charge in [0.2, 0.25) is 0 Å². The van der Waals surface area contributed by atoms with E-state index < -0.39 is 37.9 Å². The summed E-state index contributed by atoms with van der Waals surface area (Å²) in [5, 5.41) is 21.7. The standard InChI is InChI=1S/C12H20N4O5Se/c1-16(2,3)9(11(19)20)4-7-5-14-12(15-7)22(21)6-8(13)10(17)18/h5,8-9H,4,6,13H2,1-3H3,(H2-,14,15,17,18,19,20)/t8-,9-,22?/m0/s1. The molecule has 0 fully saturated rings. The van der Waals surface area contributed by atoms with Gasteiger partial charge in [-0.3, -0.25) is 0 Å². The van der Waals surface area contributed by atoms with Crippen molar-refractivity contribution in [1.29, 1.82) is 0 Å². The molecule has 0 spiro atoms. The zero-order valence-electron chi connectivity index (χ0n) is 12.7. The average molecular weight is 379 g/mol. The molecule has 0 radical (unpaired) electrons. The van der Waals surface area contributed by atoms with Gasteiger partial charge < -0.3 is 0 Å².